The van der Waals surface area contributed by atoms with Crippen molar-refractivity contribution in [2.75, 3.05) is 19.7 Å². The van der Waals surface area contributed by atoms with Gasteiger partial charge in [-0.15, -0.1) is 0 Å². The third-order valence-electron chi connectivity index (χ3n) is 2.98. The van der Waals surface area contributed by atoms with Crippen LogP contribution in [0.4, 0.5) is 0 Å². The van der Waals surface area contributed by atoms with Gasteiger partial charge in [0.25, 0.3) is 0 Å². The van der Waals surface area contributed by atoms with E-state index in [0.717, 1.165) is 19.4 Å². The summed E-state index contributed by atoms with van der Waals surface area (Å²) < 4.78 is 0. The Morgan fingerprint density at radius 1 is 1.64 bits per heavy atom. The van der Waals surface area contributed by atoms with Crippen LogP contribution in [0.3, 0.4) is 0 Å². The Bertz CT molecular complexity index is 200. The van der Waals surface area contributed by atoms with Gasteiger partial charge in [-0.3, -0.25) is 4.79 Å². The molecule has 3 N–H and O–H groups in total. The summed E-state index contributed by atoms with van der Waals surface area (Å²) in [6, 6.07) is 0. The Balaban J connectivity index is 2.65. The topological polar surface area (TPSA) is 69.6 Å². The first kappa shape index (κ1) is 11.5. The van der Waals surface area contributed by atoms with Gasteiger partial charge in [0.05, 0.1) is 5.41 Å². The average Bonchev–Trinajstić information content (AvgIpc) is 2.19. The van der Waals surface area contributed by atoms with E-state index in [2.05, 4.69) is 5.32 Å². The van der Waals surface area contributed by atoms with Crippen LogP contribution in [-0.4, -0.2) is 35.9 Å². The summed E-state index contributed by atoms with van der Waals surface area (Å²) >= 11 is 0. The van der Waals surface area contributed by atoms with Crippen LogP contribution in [0.25, 0.3) is 0 Å². The summed E-state index contributed by atoms with van der Waals surface area (Å²) in [6.45, 7) is 3.39. The van der Waals surface area contributed by atoms with Crippen molar-refractivity contribution < 1.29 is 15.0 Å². The highest BCUT2D eigenvalue weighted by atomic mass is 16.4. The molecule has 14 heavy (non-hydrogen) atoms. The third-order valence-corrected chi connectivity index (χ3v) is 2.98. The fraction of sp³-hybridized carbons (Fsp3) is 0.900. The largest absolute Gasteiger partial charge is 0.481 e. The quantitative estimate of drug-likeness (QED) is 0.618. The lowest BCUT2D eigenvalue weighted by atomic mass is 9.74. The predicted octanol–water partition coefficient (Wildman–Crippen LogP) is 0.459. The first-order chi connectivity index (χ1) is 6.60. The van der Waals surface area contributed by atoms with E-state index in [-0.39, 0.29) is 12.5 Å². The summed E-state index contributed by atoms with van der Waals surface area (Å²) in [5, 5.41) is 21.3. The van der Waals surface area contributed by atoms with Crippen LogP contribution in [0.15, 0.2) is 0 Å². The van der Waals surface area contributed by atoms with Crippen molar-refractivity contribution in [2.24, 2.45) is 11.3 Å². The fourth-order valence-electron chi connectivity index (χ4n) is 2.14. The number of carbonyl (C=O) groups is 1. The molecular formula is C10H19NO3. The molecule has 82 valence electrons. The first-order valence-electron chi connectivity index (χ1n) is 5.16. The summed E-state index contributed by atoms with van der Waals surface area (Å²) in [6.07, 6.45) is 2.19. The van der Waals surface area contributed by atoms with Crippen molar-refractivity contribution in [3.8, 4) is 0 Å². The maximum absolute atomic E-state index is 11.2. The van der Waals surface area contributed by atoms with Gasteiger partial charge in [-0.2, -0.15) is 0 Å². The molecule has 1 aliphatic rings. The number of rotatable bonds is 4. The maximum atomic E-state index is 11.2. The minimum Gasteiger partial charge on any atom is -0.481 e. The van der Waals surface area contributed by atoms with Crippen LogP contribution in [0, 0.1) is 11.3 Å². The van der Waals surface area contributed by atoms with E-state index in [1.54, 1.807) is 0 Å². The van der Waals surface area contributed by atoms with E-state index in [4.69, 9.17) is 5.11 Å². The van der Waals surface area contributed by atoms with E-state index < -0.39 is 11.4 Å². The van der Waals surface area contributed by atoms with Gasteiger partial charge in [0, 0.05) is 13.2 Å². The van der Waals surface area contributed by atoms with Crippen molar-refractivity contribution in [1.29, 1.82) is 0 Å². The second kappa shape index (κ2) is 4.75. The Hall–Kier alpha value is -0.610. The van der Waals surface area contributed by atoms with E-state index in [9.17, 15) is 9.90 Å². The van der Waals surface area contributed by atoms with Crippen LogP contribution >= 0.6 is 0 Å². The van der Waals surface area contributed by atoms with Gasteiger partial charge in [-0.25, -0.2) is 0 Å². The average molecular weight is 201 g/mol. The SMILES string of the molecule is CC(CO)CC1(C(=O)O)CCCNC1. The molecule has 1 saturated heterocycles. The number of aliphatic hydroxyl groups is 1. The lowest BCUT2D eigenvalue weighted by Crippen LogP contribution is -2.46. The number of nitrogens with one attached hydrogen (secondary N) is 1. The highest BCUT2D eigenvalue weighted by Crippen LogP contribution is 2.33. The predicted molar refractivity (Wildman–Crippen MR) is 53.0 cm³/mol. The number of carboxylic acids is 1. The molecule has 0 saturated carbocycles. The molecule has 1 heterocycles. The molecule has 0 aliphatic carbocycles. The van der Waals surface area contributed by atoms with E-state index >= 15 is 0 Å². The van der Waals surface area contributed by atoms with Crippen molar-refractivity contribution in [2.45, 2.75) is 26.2 Å². The van der Waals surface area contributed by atoms with Crippen LogP contribution in [-0.2, 0) is 4.79 Å². The standard InChI is InChI=1S/C10H19NO3/c1-8(6-12)5-10(9(13)14)3-2-4-11-7-10/h8,11-12H,2-7H2,1H3,(H,13,14). The molecule has 4 nitrogen and oxygen atoms in total. The van der Waals surface area contributed by atoms with Crippen molar-refractivity contribution in [3.63, 3.8) is 0 Å². The number of piperidine rings is 1. The molecule has 1 rings (SSSR count). The van der Waals surface area contributed by atoms with E-state index in [1.807, 2.05) is 6.92 Å². The molecular weight excluding hydrogens is 182 g/mol. The Labute approximate surface area is 84.3 Å². The zero-order valence-electron chi connectivity index (χ0n) is 8.62. The molecule has 0 bridgehead atoms. The van der Waals surface area contributed by atoms with Gasteiger partial charge in [-0.05, 0) is 31.7 Å². The Morgan fingerprint density at radius 3 is 2.79 bits per heavy atom. The van der Waals surface area contributed by atoms with Gasteiger partial charge in [-0.1, -0.05) is 6.92 Å². The molecule has 1 fully saturated rings. The second-order valence-electron chi connectivity index (χ2n) is 4.36. The zero-order valence-corrected chi connectivity index (χ0v) is 8.62. The molecule has 0 aromatic carbocycles. The zero-order chi connectivity index (χ0) is 10.6. The molecule has 0 aromatic rings. The van der Waals surface area contributed by atoms with Gasteiger partial charge >= 0.3 is 5.97 Å². The maximum Gasteiger partial charge on any atom is 0.310 e. The van der Waals surface area contributed by atoms with Crippen LogP contribution in [0.5, 0.6) is 0 Å². The minimum absolute atomic E-state index is 0.0611. The monoisotopic (exact) mass is 201 g/mol. The number of carboxylic acid groups (broad SMARTS) is 1. The highest BCUT2D eigenvalue weighted by molar-refractivity contribution is 5.75. The number of aliphatic hydroxyl groups excluding tert-OH is 1. The van der Waals surface area contributed by atoms with Crippen LogP contribution in [0.1, 0.15) is 26.2 Å². The Morgan fingerprint density at radius 2 is 2.36 bits per heavy atom. The van der Waals surface area contributed by atoms with Gasteiger partial charge in [0.15, 0.2) is 0 Å². The van der Waals surface area contributed by atoms with E-state index in [1.165, 1.54) is 0 Å². The smallest absolute Gasteiger partial charge is 0.310 e. The molecule has 2 atom stereocenters. The van der Waals surface area contributed by atoms with Crippen LogP contribution < -0.4 is 5.32 Å². The molecule has 0 radical (unpaired) electrons. The summed E-state index contributed by atoms with van der Waals surface area (Å²) in [5.41, 5.74) is -0.652. The highest BCUT2D eigenvalue weighted by Gasteiger charge is 2.40. The van der Waals surface area contributed by atoms with Gasteiger partial charge in [0.1, 0.15) is 0 Å². The number of hydrogen-bond donors (Lipinski definition) is 3. The first-order valence-corrected chi connectivity index (χ1v) is 5.16. The van der Waals surface area contributed by atoms with Gasteiger partial charge in [0.2, 0.25) is 0 Å². The lowest BCUT2D eigenvalue weighted by Gasteiger charge is -2.35. The van der Waals surface area contributed by atoms with Crippen molar-refractivity contribution in [3.05, 3.63) is 0 Å². The normalized spacial score (nSPS) is 29.9. The Kier molecular flexibility index (Phi) is 3.89. The van der Waals surface area contributed by atoms with Crippen LogP contribution in [0.2, 0.25) is 0 Å². The minimum atomic E-state index is -0.731. The molecule has 0 spiro atoms. The molecule has 2 unspecified atom stereocenters. The fourth-order valence-corrected chi connectivity index (χ4v) is 2.14. The molecule has 0 amide bonds. The molecule has 4 heteroatoms. The molecule has 1 aliphatic heterocycles. The van der Waals surface area contributed by atoms with Gasteiger partial charge < -0.3 is 15.5 Å². The lowest BCUT2D eigenvalue weighted by molar-refractivity contribution is -0.151. The summed E-state index contributed by atoms with van der Waals surface area (Å²) in [5.74, 6) is -0.670. The number of hydrogen-bond acceptors (Lipinski definition) is 3. The second-order valence-corrected chi connectivity index (χ2v) is 4.36. The van der Waals surface area contributed by atoms with Crippen molar-refractivity contribution in [1.82, 2.24) is 5.32 Å². The number of aliphatic carboxylic acids is 1. The third kappa shape index (κ3) is 2.45. The summed E-state index contributed by atoms with van der Waals surface area (Å²) in [4.78, 5) is 11.2. The van der Waals surface area contributed by atoms with E-state index in [0.29, 0.717) is 13.0 Å². The summed E-state index contributed by atoms with van der Waals surface area (Å²) in [7, 11) is 0. The molecule has 0 aromatic heterocycles. The van der Waals surface area contributed by atoms with Crippen molar-refractivity contribution >= 4 is 5.97 Å².